The van der Waals surface area contributed by atoms with Gasteiger partial charge in [0.05, 0.1) is 5.39 Å². The Morgan fingerprint density at radius 2 is 2.10 bits per heavy atom. The molecule has 0 atom stereocenters. The maximum absolute atomic E-state index is 5.87. The van der Waals surface area contributed by atoms with Crippen LogP contribution in [0.25, 0.3) is 10.2 Å². The minimum absolute atomic E-state index is 0.505. The molecule has 0 aliphatic carbocycles. The van der Waals surface area contributed by atoms with E-state index in [4.69, 9.17) is 11.6 Å². The highest BCUT2D eigenvalue weighted by atomic mass is 35.5. The largest absolute Gasteiger partial charge is 0.340 e. The fourth-order valence-corrected chi connectivity index (χ4v) is 3.31. The van der Waals surface area contributed by atoms with E-state index in [0.717, 1.165) is 27.3 Å². The van der Waals surface area contributed by atoms with Crippen molar-refractivity contribution in [2.24, 2.45) is 0 Å². The van der Waals surface area contributed by atoms with Crippen LogP contribution in [-0.4, -0.2) is 9.97 Å². The van der Waals surface area contributed by atoms with E-state index in [1.807, 2.05) is 24.3 Å². The predicted molar refractivity (Wildman–Crippen MR) is 86.2 cm³/mol. The summed E-state index contributed by atoms with van der Waals surface area (Å²) >= 11 is 7.57. The van der Waals surface area contributed by atoms with Crippen LogP contribution in [0.15, 0.2) is 30.6 Å². The molecule has 2 heterocycles. The van der Waals surface area contributed by atoms with Crippen molar-refractivity contribution in [1.29, 1.82) is 0 Å². The molecule has 5 heteroatoms. The van der Waals surface area contributed by atoms with E-state index in [0.29, 0.717) is 5.88 Å². The molecule has 0 unspecified atom stereocenters. The van der Waals surface area contributed by atoms with E-state index in [1.54, 1.807) is 17.7 Å². The van der Waals surface area contributed by atoms with Crippen LogP contribution in [0.5, 0.6) is 0 Å². The van der Waals surface area contributed by atoms with Crippen molar-refractivity contribution in [3.8, 4) is 0 Å². The number of rotatable bonds is 3. The lowest BCUT2D eigenvalue weighted by Crippen LogP contribution is -1.96. The summed E-state index contributed by atoms with van der Waals surface area (Å²) in [7, 11) is 0. The van der Waals surface area contributed by atoms with E-state index < -0.39 is 0 Å². The molecule has 0 spiro atoms. The molecule has 3 rings (SSSR count). The number of thiophene rings is 1. The number of aromatic nitrogens is 2. The quantitative estimate of drug-likeness (QED) is 0.707. The fraction of sp³-hybridized carbons (Fsp3) is 0.200. The molecule has 0 saturated carbocycles. The molecule has 102 valence electrons. The Balaban J connectivity index is 2.06. The first-order chi connectivity index (χ1) is 9.69. The van der Waals surface area contributed by atoms with Gasteiger partial charge in [0.15, 0.2) is 0 Å². The lowest BCUT2D eigenvalue weighted by molar-refractivity contribution is 1.22. The first kappa shape index (κ1) is 13.3. The number of hydrogen-bond donors (Lipinski definition) is 1. The first-order valence-corrected chi connectivity index (χ1v) is 7.67. The SMILES string of the molecule is Cc1sc2ncnc(Nc3cccc(CCl)c3)c2c1C. The molecule has 3 aromatic rings. The minimum atomic E-state index is 0.505. The van der Waals surface area contributed by atoms with Gasteiger partial charge in [-0.1, -0.05) is 12.1 Å². The molecule has 2 aromatic heterocycles. The number of benzene rings is 1. The van der Waals surface area contributed by atoms with Crippen molar-refractivity contribution < 1.29 is 0 Å². The molecule has 1 N–H and O–H groups in total. The van der Waals surface area contributed by atoms with Gasteiger partial charge in [0.1, 0.15) is 17.0 Å². The number of anilines is 2. The van der Waals surface area contributed by atoms with Gasteiger partial charge in [-0.25, -0.2) is 9.97 Å². The molecule has 0 radical (unpaired) electrons. The summed E-state index contributed by atoms with van der Waals surface area (Å²) in [5.74, 6) is 1.36. The van der Waals surface area contributed by atoms with Crippen molar-refractivity contribution in [2.45, 2.75) is 19.7 Å². The zero-order valence-electron chi connectivity index (χ0n) is 11.3. The first-order valence-electron chi connectivity index (χ1n) is 6.31. The standard InChI is InChI=1S/C15H14ClN3S/c1-9-10(2)20-15-13(9)14(17-8-18-15)19-12-5-3-4-11(6-12)7-16/h3-6,8H,7H2,1-2H3,(H,17,18,19). The fourth-order valence-electron chi connectivity index (χ4n) is 2.15. The Morgan fingerprint density at radius 3 is 2.90 bits per heavy atom. The average molecular weight is 304 g/mol. The van der Waals surface area contributed by atoms with Crippen molar-refractivity contribution >= 4 is 44.7 Å². The van der Waals surface area contributed by atoms with Crippen LogP contribution in [-0.2, 0) is 5.88 Å². The Labute approximate surface area is 126 Å². The van der Waals surface area contributed by atoms with Gasteiger partial charge in [0.2, 0.25) is 0 Å². The normalized spacial score (nSPS) is 10.9. The predicted octanol–water partition coefficient (Wildman–Crippen LogP) is 4.79. The molecule has 3 nitrogen and oxygen atoms in total. The second kappa shape index (κ2) is 5.38. The summed E-state index contributed by atoms with van der Waals surface area (Å²) in [4.78, 5) is 11.0. The van der Waals surface area contributed by atoms with Crippen LogP contribution < -0.4 is 5.32 Å². The summed E-state index contributed by atoms with van der Waals surface area (Å²) in [6.45, 7) is 4.22. The number of alkyl halides is 1. The number of nitrogens with one attached hydrogen (secondary N) is 1. The topological polar surface area (TPSA) is 37.8 Å². The molecule has 0 fully saturated rings. The second-order valence-electron chi connectivity index (χ2n) is 4.64. The maximum Gasteiger partial charge on any atom is 0.142 e. The van der Waals surface area contributed by atoms with Crippen LogP contribution in [0.4, 0.5) is 11.5 Å². The lowest BCUT2D eigenvalue weighted by Gasteiger charge is -2.08. The second-order valence-corrected chi connectivity index (χ2v) is 6.12. The van der Waals surface area contributed by atoms with Crippen LogP contribution in [0.1, 0.15) is 16.0 Å². The molecular weight excluding hydrogens is 290 g/mol. The monoisotopic (exact) mass is 303 g/mol. The number of fused-ring (bicyclic) bond motifs is 1. The van der Waals surface area contributed by atoms with Gasteiger partial charge in [-0.05, 0) is 37.1 Å². The Morgan fingerprint density at radius 1 is 1.25 bits per heavy atom. The van der Waals surface area contributed by atoms with Gasteiger partial charge in [0.25, 0.3) is 0 Å². The van der Waals surface area contributed by atoms with E-state index >= 15 is 0 Å². The molecule has 1 aromatic carbocycles. The third-order valence-corrected chi connectivity index (χ3v) is 4.73. The number of aryl methyl sites for hydroxylation is 2. The summed E-state index contributed by atoms with van der Waals surface area (Å²) < 4.78 is 0. The molecular formula is C15H14ClN3S. The van der Waals surface area contributed by atoms with Gasteiger partial charge in [0, 0.05) is 16.4 Å². The van der Waals surface area contributed by atoms with Gasteiger partial charge >= 0.3 is 0 Å². The smallest absolute Gasteiger partial charge is 0.142 e. The zero-order chi connectivity index (χ0) is 14.1. The number of hydrogen-bond acceptors (Lipinski definition) is 4. The average Bonchev–Trinajstić information content (AvgIpc) is 2.75. The summed E-state index contributed by atoms with van der Waals surface area (Å²) in [6.07, 6.45) is 1.60. The third-order valence-electron chi connectivity index (χ3n) is 3.31. The number of halogens is 1. The molecule has 0 aliphatic rings. The Hall–Kier alpha value is -1.65. The van der Waals surface area contributed by atoms with Crippen molar-refractivity contribution in [1.82, 2.24) is 9.97 Å². The third kappa shape index (κ3) is 2.37. The molecule has 0 saturated heterocycles. The van der Waals surface area contributed by atoms with E-state index in [9.17, 15) is 0 Å². The van der Waals surface area contributed by atoms with Gasteiger partial charge in [-0.2, -0.15) is 0 Å². The van der Waals surface area contributed by atoms with Crippen LogP contribution in [0.2, 0.25) is 0 Å². The Bertz CT molecular complexity index is 767. The lowest BCUT2D eigenvalue weighted by atomic mass is 10.2. The van der Waals surface area contributed by atoms with E-state index in [1.165, 1.54) is 10.4 Å². The highest BCUT2D eigenvalue weighted by Gasteiger charge is 2.11. The highest BCUT2D eigenvalue weighted by molar-refractivity contribution is 7.18. The van der Waals surface area contributed by atoms with Gasteiger partial charge in [-0.15, -0.1) is 22.9 Å². The van der Waals surface area contributed by atoms with Crippen molar-refractivity contribution in [3.05, 3.63) is 46.6 Å². The van der Waals surface area contributed by atoms with E-state index in [-0.39, 0.29) is 0 Å². The Kier molecular flexibility index (Phi) is 3.59. The van der Waals surface area contributed by atoms with Gasteiger partial charge in [-0.3, -0.25) is 0 Å². The maximum atomic E-state index is 5.87. The molecule has 0 aliphatic heterocycles. The van der Waals surface area contributed by atoms with Crippen LogP contribution in [0.3, 0.4) is 0 Å². The van der Waals surface area contributed by atoms with E-state index in [2.05, 4.69) is 29.1 Å². The molecule has 20 heavy (non-hydrogen) atoms. The number of nitrogens with zero attached hydrogens (tertiary/aromatic N) is 2. The van der Waals surface area contributed by atoms with Crippen LogP contribution >= 0.6 is 22.9 Å². The highest BCUT2D eigenvalue weighted by Crippen LogP contribution is 2.33. The van der Waals surface area contributed by atoms with Crippen molar-refractivity contribution in [2.75, 3.05) is 5.32 Å². The zero-order valence-corrected chi connectivity index (χ0v) is 12.8. The summed E-state index contributed by atoms with van der Waals surface area (Å²) in [6, 6.07) is 8.05. The minimum Gasteiger partial charge on any atom is -0.340 e. The van der Waals surface area contributed by atoms with Crippen molar-refractivity contribution in [3.63, 3.8) is 0 Å². The molecule has 0 amide bonds. The van der Waals surface area contributed by atoms with Crippen LogP contribution in [0, 0.1) is 13.8 Å². The summed E-state index contributed by atoms with van der Waals surface area (Å²) in [5, 5.41) is 4.48. The summed E-state index contributed by atoms with van der Waals surface area (Å²) in [5.41, 5.74) is 3.31. The van der Waals surface area contributed by atoms with Gasteiger partial charge < -0.3 is 5.32 Å². The molecule has 0 bridgehead atoms.